The van der Waals surface area contributed by atoms with E-state index < -0.39 is 0 Å². The zero-order valence-electron chi connectivity index (χ0n) is 23.3. The summed E-state index contributed by atoms with van der Waals surface area (Å²) in [4.78, 5) is 0. The highest BCUT2D eigenvalue weighted by Gasteiger charge is 2.26. The maximum atomic E-state index is 12.4. The summed E-state index contributed by atoms with van der Waals surface area (Å²) in [5.41, 5.74) is 18.6. The van der Waals surface area contributed by atoms with E-state index in [1.807, 2.05) is 0 Å². The van der Waals surface area contributed by atoms with Crippen LogP contribution in [0.5, 0.6) is 0 Å². The van der Waals surface area contributed by atoms with Gasteiger partial charge in [-0.25, -0.2) is 4.39 Å². The van der Waals surface area contributed by atoms with Gasteiger partial charge in [-0.2, -0.15) is 0 Å². The van der Waals surface area contributed by atoms with E-state index in [4.69, 9.17) is 0 Å². The molecule has 1 aliphatic carbocycles. The molecule has 34 heavy (non-hydrogen) atoms. The molecule has 0 radical (unpaired) electrons. The standard InChI is InChI=1S/C33H45F/c1-19(32-25(7)21(3)20(2)22(4)26(32)8)18-31-23(5)27(9)33(28(10)24(31)6)30-15-13-29(14-16-30)12-11-17-34/h11,17-18,29-30H,12-16H2,1-10H3/b17-11+,19-18?. The number of rotatable bonds is 5. The average Bonchev–Trinajstić information content (AvgIpc) is 2.82. The van der Waals surface area contributed by atoms with Gasteiger partial charge in [0.05, 0.1) is 6.33 Å². The van der Waals surface area contributed by atoms with Crippen LogP contribution in [0.3, 0.4) is 0 Å². The second-order valence-corrected chi connectivity index (χ2v) is 11.0. The van der Waals surface area contributed by atoms with Gasteiger partial charge in [0.2, 0.25) is 0 Å². The summed E-state index contributed by atoms with van der Waals surface area (Å²) in [6.07, 6.45) is 10.6. The molecule has 184 valence electrons. The molecule has 2 aromatic rings. The number of halogens is 1. The zero-order chi connectivity index (χ0) is 25.3. The first-order valence-corrected chi connectivity index (χ1v) is 13.1. The fraction of sp³-hybridized carbons (Fsp3) is 0.515. The molecule has 0 heterocycles. The molecule has 1 saturated carbocycles. The van der Waals surface area contributed by atoms with Crippen molar-refractivity contribution in [1.82, 2.24) is 0 Å². The van der Waals surface area contributed by atoms with Crippen LogP contribution in [0.1, 0.15) is 112 Å². The Hall–Kier alpha value is -2.15. The molecule has 0 N–H and O–H groups in total. The number of allylic oxidation sites excluding steroid dienone is 2. The fourth-order valence-corrected chi connectivity index (χ4v) is 6.51. The number of hydrogen-bond donors (Lipinski definition) is 0. The van der Waals surface area contributed by atoms with E-state index in [9.17, 15) is 4.39 Å². The SMILES string of the molecule is CC(=Cc1c(C)c(C)c(C2CCC(C/C=C/F)CC2)c(C)c1C)c1c(C)c(C)c(C)c(C)c1C. The van der Waals surface area contributed by atoms with Crippen molar-refractivity contribution >= 4 is 11.6 Å². The van der Waals surface area contributed by atoms with Crippen molar-refractivity contribution in [1.29, 1.82) is 0 Å². The number of benzene rings is 2. The lowest BCUT2D eigenvalue weighted by Crippen LogP contribution is -2.16. The molecule has 0 bridgehead atoms. The summed E-state index contributed by atoms with van der Waals surface area (Å²) < 4.78 is 12.4. The monoisotopic (exact) mass is 460 g/mol. The van der Waals surface area contributed by atoms with Crippen LogP contribution in [0.25, 0.3) is 11.6 Å². The van der Waals surface area contributed by atoms with Crippen LogP contribution in [-0.2, 0) is 0 Å². The van der Waals surface area contributed by atoms with Crippen LogP contribution in [0.4, 0.5) is 4.39 Å². The third kappa shape index (κ3) is 4.81. The van der Waals surface area contributed by atoms with E-state index in [0.717, 1.165) is 6.42 Å². The Morgan fingerprint density at radius 3 is 1.62 bits per heavy atom. The third-order valence-corrected chi connectivity index (χ3v) is 9.31. The predicted octanol–water partition coefficient (Wildman–Crippen LogP) is 10.2. The van der Waals surface area contributed by atoms with Crippen molar-refractivity contribution in [2.75, 3.05) is 0 Å². The van der Waals surface area contributed by atoms with Crippen LogP contribution >= 0.6 is 0 Å². The first-order chi connectivity index (χ1) is 16.0. The Labute approximate surface area is 208 Å². The van der Waals surface area contributed by atoms with E-state index in [2.05, 4.69) is 75.3 Å². The molecule has 1 fully saturated rings. The molecule has 0 aliphatic heterocycles. The highest BCUT2D eigenvalue weighted by molar-refractivity contribution is 5.86. The lowest BCUT2D eigenvalue weighted by Gasteiger charge is -2.32. The fourth-order valence-electron chi connectivity index (χ4n) is 6.51. The molecule has 0 aromatic heterocycles. The Bertz CT molecular complexity index is 1080. The Morgan fingerprint density at radius 1 is 0.676 bits per heavy atom. The van der Waals surface area contributed by atoms with Crippen LogP contribution < -0.4 is 0 Å². The molecule has 0 atom stereocenters. The molecule has 1 heteroatoms. The van der Waals surface area contributed by atoms with Gasteiger partial charge in [0, 0.05) is 0 Å². The second-order valence-electron chi connectivity index (χ2n) is 11.0. The van der Waals surface area contributed by atoms with Crippen molar-refractivity contribution in [2.45, 2.75) is 107 Å². The molecule has 2 aromatic carbocycles. The zero-order valence-corrected chi connectivity index (χ0v) is 23.3. The van der Waals surface area contributed by atoms with Gasteiger partial charge >= 0.3 is 0 Å². The van der Waals surface area contributed by atoms with Crippen LogP contribution in [-0.4, -0.2) is 0 Å². The van der Waals surface area contributed by atoms with Gasteiger partial charge in [-0.15, -0.1) is 0 Å². The summed E-state index contributed by atoms with van der Waals surface area (Å²) >= 11 is 0. The lowest BCUT2D eigenvalue weighted by atomic mass is 9.73. The molecular weight excluding hydrogens is 415 g/mol. The largest absolute Gasteiger partial charge is 0.216 e. The van der Waals surface area contributed by atoms with Crippen molar-refractivity contribution < 1.29 is 4.39 Å². The highest BCUT2D eigenvalue weighted by Crippen LogP contribution is 2.43. The summed E-state index contributed by atoms with van der Waals surface area (Å²) in [7, 11) is 0. The molecule has 0 amide bonds. The predicted molar refractivity (Wildman–Crippen MR) is 149 cm³/mol. The van der Waals surface area contributed by atoms with Gasteiger partial charge < -0.3 is 0 Å². The Kier molecular flexibility index (Phi) is 8.27. The average molecular weight is 461 g/mol. The molecule has 0 unspecified atom stereocenters. The van der Waals surface area contributed by atoms with Gasteiger partial charge in [0.25, 0.3) is 0 Å². The summed E-state index contributed by atoms with van der Waals surface area (Å²) in [6, 6.07) is 0. The molecule has 3 rings (SSSR count). The van der Waals surface area contributed by atoms with Crippen LogP contribution in [0.15, 0.2) is 12.4 Å². The molecule has 0 spiro atoms. The van der Waals surface area contributed by atoms with E-state index in [0.29, 0.717) is 18.2 Å². The van der Waals surface area contributed by atoms with Crippen molar-refractivity contribution in [3.05, 3.63) is 79.2 Å². The smallest absolute Gasteiger partial charge is 0.0827 e. The number of hydrogen-bond acceptors (Lipinski definition) is 0. The van der Waals surface area contributed by atoms with Gasteiger partial charge in [-0.1, -0.05) is 12.2 Å². The van der Waals surface area contributed by atoms with E-state index in [1.54, 1.807) is 11.6 Å². The lowest BCUT2D eigenvalue weighted by molar-refractivity contribution is 0.326. The minimum absolute atomic E-state index is 0.633. The van der Waals surface area contributed by atoms with Gasteiger partial charge in [0.1, 0.15) is 0 Å². The first kappa shape index (κ1) is 26.5. The molecule has 0 saturated heterocycles. The third-order valence-electron chi connectivity index (χ3n) is 9.31. The molecular formula is C33H45F. The summed E-state index contributed by atoms with van der Waals surface area (Å²) in [6.45, 7) is 22.9. The summed E-state index contributed by atoms with van der Waals surface area (Å²) in [5.74, 6) is 1.28. The minimum atomic E-state index is 0.633. The van der Waals surface area contributed by atoms with Crippen molar-refractivity contribution in [3.8, 4) is 0 Å². The van der Waals surface area contributed by atoms with E-state index in [-0.39, 0.29) is 0 Å². The van der Waals surface area contributed by atoms with Crippen molar-refractivity contribution in [3.63, 3.8) is 0 Å². The van der Waals surface area contributed by atoms with Crippen molar-refractivity contribution in [2.24, 2.45) is 5.92 Å². The van der Waals surface area contributed by atoms with Gasteiger partial charge in [-0.05, 0) is 186 Å². The van der Waals surface area contributed by atoms with Gasteiger partial charge in [-0.3, -0.25) is 0 Å². The quantitative estimate of drug-likeness (QED) is 0.389. The van der Waals surface area contributed by atoms with E-state index >= 15 is 0 Å². The topological polar surface area (TPSA) is 0 Å². The van der Waals surface area contributed by atoms with E-state index in [1.165, 1.54) is 92.5 Å². The maximum absolute atomic E-state index is 12.4. The normalized spacial score (nSPS) is 19.3. The van der Waals surface area contributed by atoms with Crippen LogP contribution in [0, 0.1) is 68.2 Å². The Balaban J connectivity index is 2.03. The molecule has 1 aliphatic rings. The second kappa shape index (κ2) is 10.6. The Morgan fingerprint density at radius 2 is 1.15 bits per heavy atom. The molecule has 0 nitrogen and oxygen atoms in total. The maximum Gasteiger partial charge on any atom is 0.0827 e. The highest BCUT2D eigenvalue weighted by atomic mass is 19.1. The van der Waals surface area contributed by atoms with Crippen LogP contribution in [0.2, 0.25) is 0 Å². The summed E-state index contributed by atoms with van der Waals surface area (Å²) in [5, 5.41) is 0. The van der Waals surface area contributed by atoms with Gasteiger partial charge in [0.15, 0.2) is 0 Å². The first-order valence-electron chi connectivity index (χ1n) is 13.1. The minimum Gasteiger partial charge on any atom is -0.216 e.